The molecule has 3 aliphatic rings. The standard InChI is InChI=1S/C46H48N12O9/c47-41-39-40(29-11-13-32(14-12-29)67-31-7-2-1-3-8-31)53-58(42(39)50-28-49-41)30-6-5-18-55(27-30)45(62)36-26-51-54-56(36)19-21-65-23-25-66-24-22-64-20-17-48-34-10-4-9-33-38(34)46(63)57(44(33)61)35-15-16-37(59)52-43(35)60/h1-4,7-14,26,28,30,35,48H,5-6,15-25,27H2,(H2,47,49,50)(H,52,59,60)/t30-,35?/m1/s1. The molecular weight excluding hydrogens is 865 g/mol. The molecule has 3 aliphatic heterocycles. The molecule has 0 aliphatic carbocycles. The summed E-state index contributed by atoms with van der Waals surface area (Å²) in [6.45, 7) is 3.47. The van der Waals surface area contributed by atoms with Crippen molar-refractivity contribution in [3.63, 3.8) is 0 Å². The molecule has 6 aromatic rings. The van der Waals surface area contributed by atoms with Gasteiger partial charge in [-0.15, -0.1) is 5.10 Å². The van der Waals surface area contributed by atoms with Crippen LogP contribution in [0.25, 0.3) is 22.3 Å². The van der Waals surface area contributed by atoms with Gasteiger partial charge in [0.1, 0.15) is 41.1 Å². The Morgan fingerprint density at radius 2 is 1.60 bits per heavy atom. The summed E-state index contributed by atoms with van der Waals surface area (Å²) in [5.41, 5.74) is 9.68. The number of nitrogens with one attached hydrogen (secondary N) is 2. The molecule has 3 aromatic heterocycles. The van der Waals surface area contributed by atoms with Gasteiger partial charge in [0.15, 0.2) is 5.65 Å². The lowest BCUT2D eigenvalue weighted by molar-refractivity contribution is -0.136. The smallest absolute Gasteiger partial charge is 0.273 e. The van der Waals surface area contributed by atoms with Crippen LogP contribution < -0.4 is 21.1 Å². The van der Waals surface area contributed by atoms with Crippen LogP contribution in [0.5, 0.6) is 11.5 Å². The van der Waals surface area contributed by atoms with Gasteiger partial charge < -0.3 is 34.9 Å². The molecule has 3 aromatic carbocycles. The third kappa shape index (κ3) is 9.69. The van der Waals surface area contributed by atoms with Gasteiger partial charge in [0.05, 0.1) is 74.9 Å². The molecule has 0 spiro atoms. The molecule has 5 amide bonds. The summed E-state index contributed by atoms with van der Waals surface area (Å²) in [5, 5.41) is 19.2. The Balaban J connectivity index is 0.697. The fourth-order valence-electron chi connectivity index (χ4n) is 8.46. The van der Waals surface area contributed by atoms with Crippen molar-refractivity contribution < 1.29 is 42.9 Å². The number of aromatic nitrogens is 7. The average molecular weight is 913 g/mol. The highest BCUT2D eigenvalue weighted by molar-refractivity contribution is 6.25. The molecule has 0 saturated carbocycles. The van der Waals surface area contributed by atoms with Crippen LogP contribution in [-0.2, 0) is 30.3 Å². The number of nitrogens with zero attached hydrogens (tertiary/aromatic N) is 9. The van der Waals surface area contributed by atoms with Crippen molar-refractivity contribution in [1.29, 1.82) is 0 Å². The number of anilines is 2. The summed E-state index contributed by atoms with van der Waals surface area (Å²) in [6, 6.07) is 20.8. The van der Waals surface area contributed by atoms with Gasteiger partial charge in [0, 0.05) is 37.3 Å². The number of ether oxygens (including phenoxy) is 4. The van der Waals surface area contributed by atoms with Crippen LogP contribution in [0.1, 0.15) is 62.9 Å². The first-order chi connectivity index (χ1) is 32.7. The van der Waals surface area contributed by atoms with Crippen molar-refractivity contribution in [2.24, 2.45) is 0 Å². The highest BCUT2D eigenvalue weighted by Gasteiger charge is 2.45. The topological polar surface area (TPSA) is 253 Å². The number of hydrogen-bond donors (Lipinski definition) is 3. The van der Waals surface area contributed by atoms with Gasteiger partial charge in [0.25, 0.3) is 17.7 Å². The molecular formula is C46H48N12O9. The SMILES string of the molecule is Nc1ncnc2c1c(-c1ccc(Oc3ccccc3)cc1)nn2[C@@H]1CCCN(C(=O)c2cnnn2CCOCCOCCOCCNc2cccc3c2C(=O)N(C2CCC(=O)NC2=O)C3=O)C1. The third-order valence-corrected chi connectivity index (χ3v) is 11.7. The first-order valence-electron chi connectivity index (χ1n) is 22.1. The second-order valence-electron chi connectivity index (χ2n) is 16.0. The van der Waals surface area contributed by atoms with E-state index in [2.05, 4.69) is 30.9 Å². The van der Waals surface area contributed by atoms with Gasteiger partial charge in [-0.1, -0.05) is 29.5 Å². The number of hydrogen-bond acceptors (Lipinski definition) is 16. The molecule has 21 nitrogen and oxygen atoms in total. The number of likely N-dealkylation sites (tertiary alicyclic amines) is 1. The van der Waals surface area contributed by atoms with Gasteiger partial charge in [0.2, 0.25) is 11.8 Å². The zero-order chi connectivity index (χ0) is 46.3. The summed E-state index contributed by atoms with van der Waals surface area (Å²) in [7, 11) is 0. The minimum atomic E-state index is -1.03. The number of nitrogen functional groups attached to an aromatic ring is 1. The van der Waals surface area contributed by atoms with E-state index in [4.69, 9.17) is 29.8 Å². The van der Waals surface area contributed by atoms with E-state index in [9.17, 15) is 24.0 Å². The van der Waals surface area contributed by atoms with Crippen molar-refractivity contribution in [3.8, 4) is 22.8 Å². The zero-order valence-electron chi connectivity index (χ0n) is 36.4. The Bertz CT molecular complexity index is 2780. The lowest BCUT2D eigenvalue weighted by atomic mass is 10.0. The Labute approximate surface area is 383 Å². The second kappa shape index (κ2) is 20.3. The Kier molecular flexibility index (Phi) is 13.5. The van der Waals surface area contributed by atoms with Crippen LogP contribution in [-0.4, -0.2) is 139 Å². The number of nitrogens with two attached hydrogens (primary N) is 1. The second-order valence-corrected chi connectivity index (χ2v) is 16.0. The first-order valence-corrected chi connectivity index (χ1v) is 22.1. The molecule has 346 valence electrons. The van der Waals surface area contributed by atoms with Crippen molar-refractivity contribution in [2.75, 3.05) is 70.3 Å². The molecule has 2 saturated heterocycles. The van der Waals surface area contributed by atoms with Crippen LogP contribution in [0.2, 0.25) is 0 Å². The summed E-state index contributed by atoms with van der Waals surface area (Å²) >= 11 is 0. The first kappa shape index (κ1) is 44.6. The maximum absolute atomic E-state index is 13.9. The number of amides is 5. The van der Waals surface area contributed by atoms with E-state index in [1.165, 1.54) is 12.5 Å². The summed E-state index contributed by atoms with van der Waals surface area (Å²) in [5.74, 6) is -0.694. The molecule has 6 heterocycles. The van der Waals surface area contributed by atoms with E-state index in [1.54, 1.807) is 27.8 Å². The number of piperidine rings is 2. The van der Waals surface area contributed by atoms with E-state index >= 15 is 0 Å². The minimum Gasteiger partial charge on any atom is -0.457 e. The van der Waals surface area contributed by atoms with Crippen LogP contribution >= 0.6 is 0 Å². The highest BCUT2D eigenvalue weighted by Crippen LogP contribution is 2.36. The van der Waals surface area contributed by atoms with Gasteiger partial charge in [-0.2, -0.15) is 5.10 Å². The third-order valence-electron chi connectivity index (χ3n) is 11.7. The number of imide groups is 2. The van der Waals surface area contributed by atoms with Crippen LogP contribution in [0.15, 0.2) is 85.3 Å². The van der Waals surface area contributed by atoms with Crippen LogP contribution in [0, 0.1) is 0 Å². The van der Waals surface area contributed by atoms with E-state index in [1.807, 2.05) is 59.3 Å². The fourth-order valence-corrected chi connectivity index (χ4v) is 8.46. The maximum Gasteiger partial charge on any atom is 0.273 e. The quantitative estimate of drug-likeness (QED) is 0.0777. The monoisotopic (exact) mass is 912 g/mol. The summed E-state index contributed by atoms with van der Waals surface area (Å²) in [4.78, 5) is 75.8. The Hall–Kier alpha value is -7.62. The molecule has 2 fully saturated rings. The van der Waals surface area contributed by atoms with Gasteiger partial charge in [-0.05, 0) is 67.8 Å². The van der Waals surface area contributed by atoms with Crippen LogP contribution in [0.3, 0.4) is 0 Å². The van der Waals surface area contributed by atoms with Crippen LogP contribution in [0.4, 0.5) is 11.5 Å². The fraction of sp³-hybridized carbons (Fsp3) is 0.348. The van der Waals surface area contributed by atoms with Gasteiger partial charge in [-0.3, -0.25) is 34.2 Å². The summed E-state index contributed by atoms with van der Waals surface area (Å²) in [6.07, 6.45) is 4.56. The molecule has 2 atom stereocenters. The zero-order valence-corrected chi connectivity index (χ0v) is 36.4. The lowest BCUT2D eigenvalue weighted by Crippen LogP contribution is -2.54. The number of fused-ring (bicyclic) bond motifs is 2. The Morgan fingerprint density at radius 3 is 2.39 bits per heavy atom. The van der Waals surface area contributed by atoms with E-state index in [-0.39, 0.29) is 42.5 Å². The van der Waals surface area contributed by atoms with E-state index < -0.39 is 29.7 Å². The highest BCUT2D eigenvalue weighted by atomic mass is 16.5. The van der Waals surface area contributed by atoms with E-state index in [0.29, 0.717) is 98.9 Å². The molecule has 67 heavy (non-hydrogen) atoms. The largest absolute Gasteiger partial charge is 0.457 e. The van der Waals surface area contributed by atoms with Crippen molar-refractivity contribution >= 4 is 52.1 Å². The van der Waals surface area contributed by atoms with Gasteiger partial charge in [-0.25, -0.2) is 19.3 Å². The maximum atomic E-state index is 13.9. The number of para-hydroxylation sites is 1. The average Bonchev–Trinajstić information content (AvgIpc) is 4.05. The summed E-state index contributed by atoms with van der Waals surface area (Å²) < 4.78 is 26.5. The van der Waals surface area contributed by atoms with Gasteiger partial charge >= 0.3 is 0 Å². The number of rotatable bonds is 19. The minimum absolute atomic E-state index is 0.0487. The number of benzene rings is 3. The predicted molar refractivity (Wildman–Crippen MR) is 240 cm³/mol. The van der Waals surface area contributed by atoms with Crippen molar-refractivity contribution in [3.05, 3.63) is 102 Å². The molecule has 0 radical (unpaired) electrons. The molecule has 9 rings (SSSR count). The van der Waals surface area contributed by atoms with Crippen molar-refractivity contribution in [2.45, 2.75) is 44.3 Å². The Morgan fingerprint density at radius 1 is 0.836 bits per heavy atom. The van der Waals surface area contributed by atoms with E-state index in [0.717, 1.165) is 29.1 Å². The molecule has 4 N–H and O–H groups in total. The predicted octanol–water partition coefficient (Wildman–Crippen LogP) is 3.50. The molecule has 1 unspecified atom stereocenters. The lowest BCUT2D eigenvalue weighted by Gasteiger charge is -2.32. The molecule has 0 bridgehead atoms. The molecule has 21 heteroatoms. The number of carbonyl (C=O) groups excluding carboxylic acids is 5. The van der Waals surface area contributed by atoms with Crippen molar-refractivity contribution in [1.82, 2.24) is 49.9 Å². The normalized spacial score (nSPS) is 17.3. The number of carbonyl (C=O) groups is 5.